The van der Waals surface area contributed by atoms with Crippen molar-refractivity contribution in [1.29, 1.82) is 0 Å². The first-order valence-electron chi connectivity index (χ1n) is 38.7. The monoisotopic (exact) mass is 1640 g/mol. The Bertz CT molecular complexity index is 4320. The van der Waals surface area contributed by atoms with Crippen molar-refractivity contribution in [3.8, 4) is 5.75 Å². The molecule has 13 atom stereocenters. The third-order valence-corrected chi connectivity index (χ3v) is 22.0. The van der Waals surface area contributed by atoms with E-state index in [1.165, 1.54) is 31.2 Å². The molecule has 2 saturated heterocycles. The van der Waals surface area contributed by atoms with Gasteiger partial charge in [0.15, 0.2) is 0 Å². The van der Waals surface area contributed by atoms with Crippen molar-refractivity contribution in [2.75, 3.05) is 31.2 Å². The molecule has 0 aliphatic carbocycles. The minimum absolute atomic E-state index is 0.0245. The molecule has 0 saturated carbocycles. The second kappa shape index (κ2) is 46.0. The maximum Gasteiger partial charge on any atom is 0.327 e. The van der Waals surface area contributed by atoms with Crippen LogP contribution in [0.25, 0.3) is 10.9 Å². The van der Waals surface area contributed by atoms with Crippen molar-refractivity contribution >= 4 is 109 Å². The number of aromatic hydroxyl groups is 1. The molecule has 22 N–H and O–H groups in total. The average molecular weight is 1640 g/mol. The molecule has 0 radical (unpaired) electrons. The highest BCUT2D eigenvalue weighted by molar-refractivity contribution is 8.76. The predicted molar refractivity (Wildman–Crippen MR) is 436 cm³/mol. The van der Waals surface area contributed by atoms with Crippen LogP contribution in [0.15, 0.2) is 140 Å². The molecule has 3 heterocycles. The van der Waals surface area contributed by atoms with E-state index in [4.69, 9.17) is 11.5 Å². The number of unbranched alkanes of at least 4 members (excludes halogenated alkanes) is 1. The van der Waals surface area contributed by atoms with Crippen LogP contribution in [0.1, 0.15) is 106 Å². The molecule has 116 heavy (non-hydrogen) atoms. The van der Waals surface area contributed by atoms with Gasteiger partial charge in [0, 0.05) is 79.8 Å². The van der Waals surface area contributed by atoms with Gasteiger partial charge in [0.25, 0.3) is 0 Å². The summed E-state index contributed by atoms with van der Waals surface area (Å²) in [5.41, 5.74) is 16.4. The quantitative estimate of drug-likeness (QED) is 0.0304. The maximum absolute atomic E-state index is 15.6. The number of phenolic OH excluding ortho intramolecular Hbond substituents is 1. The SMILES string of the molecule is CC(C)NCc1ccc(C[C@@H]2NC(=O)[C@@H](Cc3c[nH]c4ccccc34)NC(=O)[C@H](Cc3ccccc3)NC(=O)[C@@H]3CCC(=O)NCCCC[C@H](NC(=O)[C@H](Cc4ccccc4)NC(=O)[C@H]([C@@H](C)O)NC2=O)C(=O)N[C@@H](CO)C(=O)N[C@H](C(=O)O)CSSC[C@H](NC(=O)[C@@H](N)Cc2ccc(O)cc2)C(=O)N[C@@H](CCCCN)C(=O)N3)cc1. The summed E-state index contributed by atoms with van der Waals surface area (Å²) in [6, 6.07) is 17.3. The van der Waals surface area contributed by atoms with E-state index in [0.29, 0.717) is 51.7 Å². The number of hydrogen-bond acceptors (Lipinski definition) is 21. The number of para-hydroxylation sites is 1. The molecule has 624 valence electrons. The van der Waals surface area contributed by atoms with E-state index in [1.807, 2.05) is 26.0 Å². The van der Waals surface area contributed by atoms with E-state index in [-0.39, 0.29) is 94.8 Å². The van der Waals surface area contributed by atoms with Crippen molar-refractivity contribution in [3.05, 3.63) is 173 Å². The van der Waals surface area contributed by atoms with Gasteiger partial charge in [0.05, 0.1) is 18.8 Å². The summed E-state index contributed by atoms with van der Waals surface area (Å²) < 4.78 is 0. The number of carbonyl (C=O) groups is 13. The number of phenols is 1. The normalized spacial score (nSPS) is 23.5. The summed E-state index contributed by atoms with van der Waals surface area (Å²) >= 11 is 0. The molecule has 0 unspecified atom stereocenters. The van der Waals surface area contributed by atoms with E-state index in [0.717, 1.165) is 27.2 Å². The van der Waals surface area contributed by atoms with Gasteiger partial charge in [-0.3, -0.25) is 57.5 Å². The van der Waals surface area contributed by atoms with Gasteiger partial charge in [-0.15, -0.1) is 0 Å². The number of nitrogens with two attached hydrogens (primary N) is 2. The van der Waals surface area contributed by atoms with Crippen molar-refractivity contribution in [3.63, 3.8) is 0 Å². The number of carboxylic acids is 1. The third kappa shape index (κ3) is 28.8. The zero-order chi connectivity index (χ0) is 83.8. The van der Waals surface area contributed by atoms with Crippen LogP contribution in [-0.2, 0) is 101 Å². The number of carboxylic acid groups (broad SMARTS) is 1. The molecule has 2 aliphatic heterocycles. The predicted octanol–water partition coefficient (Wildman–Crippen LogP) is -0.393. The minimum Gasteiger partial charge on any atom is -0.508 e. The van der Waals surface area contributed by atoms with E-state index in [2.05, 4.69) is 74.1 Å². The highest BCUT2D eigenvalue weighted by Crippen LogP contribution is 2.25. The van der Waals surface area contributed by atoms with Crippen LogP contribution in [0.2, 0.25) is 0 Å². The highest BCUT2D eigenvalue weighted by Gasteiger charge is 2.39. The van der Waals surface area contributed by atoms with Gasteiger partial charge in [0.2, 0.25) is 70.9 Å². The van der Waals surface area contributed by atoms with Crippen LogP contribution in [0.3, 0.4) is 0 Å². The lowest BCUT2D eigenvalue weighted by Crippen LogP contribution is -2.63. The Morgan fingerprint density at radius 1 is 0.526 bits per heavy atom. The molecule has 35 heteroatoms. The van der Waals surface area contributed by atoms with Gasteiger partial charge in [0.1, 0.15) is 72.2 Å². The number of hydrogen-bond donors (Lipinski definition) is 20. The lowest BCUT2D eigenvalue weighted by Gasteiger charge is -2.29. The molecule has 2 bridgehead atoms. The van der Waals surface area contributed by atoms with Crippen LogP contribution >= 0.6 is 21.6 Å². The van der Waals surface area contributed by atoms with Crippen molar-refractivity contribution in [1.82, 2.24) is 74.1 Å². The van der Waals surface area contributed by atoms with Crippen LogP contribution in [-0.4, -0.2) is 218 Å². The molecule has 2 aliphatic rings. The zero-order valence-electron chi connectivity index (χ0n) is 64.9. The van der Waals surface area contributed by atoms with Gasteiger partial charge in [-0.25, -0.2) is 4.79 Å². The molecule has 6 aromatic rings. The summed E-state index contributed by atoms with van der Waals surface area (Å²) in [5, 5.41) is 78.5. The van der Waals surface area contributed by atoms with Crippen molar-refractivity contribution in [2.45, 2.75) is 195 Å². The Labute approximate surface area is 679 Å². The average Bonchev–Trinajstić information content (AvgIpc) is 1.58. The number of fused-ring (bicyclic) bond motifs is 10. The van der Waals surface area contributed by atoms with E-state index in [1.54, 1.807) is 103 Å². The number of aliphatic hydroxyl groups is 2. The number of aromatic amines is 1. The smallest absolute Gasteiger partial charge is 0.327 e. The molecule has 8 rings (SSSR count). The summed E-state index contributed by atoms with van der Waals surface area (Å²) in [6.07, 6.45) is -1.89. The van der Waals surface area contributed by atoms with Crippen LogP contribution in [0.4, 0.5) is 0 Å². The van der Waals surface area contributed by atoms with Crippen LogP contribution in [0.5, 0.6) is 5.75 Å². The third-order valence-electron chi connectivity index (χ3n) is 19.5. The Hall–Kier alpha value is -11.0. The fourth-order valence-electron chi connectivity index (χ4n) is 12.9. The highest BCUT2D eigenvalue weighted by atomic mass is 33.1. The van der Waals surface area contributed by atoms with Crippen molar-refractivity contribution in [2.24, 2.45) is 11.5 Å². The molecular formula is C81H106N16O17S2. The standard InChI is InChI=1S/C81H106N16O17S2/c1-46(2)85-41-52-26-24-51(25-27-52)39-63-77(109)97-69(47(3)99)80(112)93-62(38-49-18-8-5-9-19-49)74(106)87-59-23-13-15-35-84-68(101)33-32-60(73(105)90-61(37-48-16-6-4-7-17-48)75(107)92-64(76(108)91-63)40-53-42-86-57-21-11-10-20-55(53)57)89-71(103)58(22-12-14-34-82)88-79(111)66(95-70(102)56(83)36-50-28-30-54(100)31-29-50)44-115-116-45-67(81(113)114)96-78(110)65(43-98)94-72(59)104/h4-11,16-21,24-31,42,46-47,56,58-67,69,85-86,98-100H,12-15,22-23,32-41,43-45,82-83H2,1-3H3,(H,84,101)(H,87,106)(H,88,111)(H,89,103)(H,90,105)(H,91,108)(H,92,107)(H,93,112)(H,94,104)(H,95,102)(H,96,110)(H,97,109)(H,113,114)/t47-,56+,58+,59+,60+,61+,62+,63+,64-,65+,66+,67+,69+/m1/s1. The first kappa shape index (κ1) is 90.6. The number of nitrogens with one attached hydrogen (secondary N) is 14. The topological polar surface area (TPSA) is 527 Å². The molecule has 5 aromatic carbocycles. The van der Waals surface area contributed by atoms with E-state index in [9.17, 15) is 54.0 Å². The number of H-pyrrole nitrogens is 1. The zero-order valence-corrected chi connectivity index (χ0v) is 66.5. The summed E-state index contributed by atoms with van der Waals surface area (Å²) in [4.78, 5) is 195. The number of amides is 12. The first-order chi connectivity index (χ1) is 55.6. The largest absolute Gasteiger partial charge is 0.508 e. The Balaban J connectivity index is 1.26. The summed E-state index contributed by atoms with van der Waals surface area (Å²) in [7, 11) is 1.68. The molecule has 1 aromatic heterocycles. The van der Waals surface area contributed by atoms with Gasteiger partial charge in [-0.2, -0.15) is 0 Å². The maximum atomic E-state index is 15.6. The summed E-state index contributed by atoms with van der Waals surface area (Å²) in [6.45, 7) is 4.58. The minimum atomic E-state index is -1.88. The molecule has 2 fully saturated rings. The molecule has 12 amide bonds. The molecule has 0 spiro atoms. The Kier molecular flexibility index (Phi) is 35.9. The fourth-order valence-corrected chi connectivity index (χ4v) is 15.2. The van der Waals surface area contributed by atoms with E-state index < -0.39 is 181 Å². The number of benzene rings is 5. The fraction of sp³-hybridized carbons (Fsp3) is 0.444. The van der Waals surface area contributed by atoms with Gasteiger partial charge >= 0.3 is 5.97 Å². The molecular weight excluding hydrogens is 1530 g/mol. The van der Waals surface area contributed by atoms with E-state index >= 15 is 28.8 Å². The number of aliphatic carboxylic acids is 1. The Morgan fingerprint density at radius 3 is 1.62 bits per heavy atom. The molecule has 33 nitrogen and oxygen atoms in total. The number of carbonyl (C=O) groups excluding carboxylic acids is 12. The van der Waals surface area contributed by atoms with Gasteiger partial charge < -0.3 is 106 Å². The number of aliphatic hydroxyl groups excluding tert-OH is 2. The number of aromatic nitrogens is 1. The van der Waals surface area contributed by atoms with Crippen LogP contribution in [0, 0.1) is 0 Å². The number of rotatable bonds is 22. The second-order valence-corrected chi connectivity index (χ2v) is 31.6. The van der Waals surface area contributed by atoms with Gasteiger partial charge in [-0.05, 0) is 116 Å². The van der Waals surface area contributed by atoms with Crippen molar-refractivity contribution < 1.29 is 82.8 Å². The Morgan fingerprint density at radius 2 is 1.03 bits per heavy atom. The first-order valence-corrected chi connectivity index (χ1v) is 41.2. The lowest BCUT2D eigenvalue weighted by atomic mass is 9.99. The summed E-state index contributed by atoms with van der Waals surface area (Å²) in [5.74, 6) is -14.2. The second-order valence-electron chi connectivity index (χ2n) is 29.1. The lowest BCUT2D eigenvalue weighted by molar-refractivity contribution is -0.142. The van der Waals surface area contributed by atoms with Gasteiger partial charge in [-0.1, -0.05) is 151 Å². The van der Waals surface area contributed by atoms with Crippen LogP contribution < -0.4 is 80.6 Å².